The van der Waals surface area contributed by atoms with Crippen LogP contribution in [0.2, 0.25) is 0 Å². The zero-order chi connectivity index (χ0) is 13.1. The molecule has 0 bridgehead atoms. The predicted octanol–water partition coefficient (Wildman–Crippen LogP) is 1.24. The van der Waals surface area contributed by atoms with Crippen LogP contribution in [-0.4, -0.2) is 14.7 Å². The summed E-state index contributed by atoms with van der Waals surface area (Å²) in [5, 5.41) is 3.84. The number of aryl methyl sites for hydroxylation is 1. The fraction of sp³-hybridized carbons (Fsp3) is 0.417. The van der Waals surface area contributed by atoms with Gasteiger partial charge in [0.1, 0.15) is 0 Å². The molecule has 0 radical (unpaired) electrons. The van der Waals surface area contributed by atoms with Gasteiger partial charge in [0.05, 0.1) is 6.04 Å². The Hall–Kier alpha value is -1.95. The van der Waals surface area contributed by atoms with Crippen molar-refractivity contribution in [3.8, 4) is 11.5 Å². The van der Waals surface area contributed by atoms with E-state index in [9.17, 15) is 4.79 Å². The van der Waals surface area contributed by atoms with Crippen LogP contribution in [-0.2, 0) is 7.05 Å². The molecule has 0 aromatic carbocycles. The number of hydrogen-bond donors (Lipinski definition) is 1. The molecule has 2 heterocycles. The third-order valence-corrected chi connectivity index (χ3v) is 2.72. The summed E-state index contributed by atoms with van der Waals surface area (Å²) in [6.07, 6.45) is 3.42. The van der Waals surface area contributed by atoms with E-state index >= 15 is 0 Å². The van der Waals surface area contributed by atoms with E-state index in [4.69, 9.17) is 10.3 Å². The Morgan fingerprint density at radius 2 is 2.33 bits per heavy atom. The first kappa shape index (κ1) is 12.5. The van der Waals surface area contributed by atoms with Gasteiger partial charge >= 0.3 is 0 Å². The van der Waals surface area contributed by atoms with Crippen molar-refractivity contribution in [2.24, 2.45) is 12.8 Å². The van der Waals surface area contributed by atoms with E-state index in [1.54, 1.807) is 19.3 Å². The SMILES string of the molecule is CCCC(N)c1noc(-c2ccn(C)c(=O)c2)n1. The molecule has 2 aromatic rings. The van der Waals surface area contributed by atoms with Gasteiger partial charge in [-0.15, -0.1) is 0 Å². The number of nitrogens with two attached hydrogens (primary N) is 1. The maximum absolute atomic E-state index is 11.5. The third kappa shape index (κ3) is 2.48. The maximum Gasteiger partial charge on any atom is 0.258 e. The van der Waals surface area contributed by atoms with E-state index in [0.29, 0.717) is 17.3 Å². The Balaban J connectivity index is 2.29. The second kappa shape index (κ2) is 5.14. The maximum atomic E-state index is 11.5. The van der Waals surface area contributed by atoms with Gasteiger partial charge in [-0.25, -0.2) is 0 Å². The Morgan fingerprint density at radius 1 is 1.56 bits per heavy atom. The lowest BCUT2D eigenvalue weighted by molar-refractivity contribution is 0.413. The summed E-state index contributed by atoms with van der Waals surface area (Å²) in [4.78, 5) is 15.7. The molecule has 2 N–H and O–H groups in total. The molecule has 6 heteroatoms. The minimum Gasteiger partial charge on any atom is -0.334 e. The number of rotatable bonds is 4. The minimum atomic E-state index is -0.223. The van der Waals surface area contributed by atoms with Gasteiger partial charge in [-0.05, 0) is 12.5 Å². The van der Waals surface area contributed by atoms with Gasteiger partial charge in [0.2, 0.25) is 0 Å². The van der Waals surface area contributed by atoms with Crippen LogP contribution in [0.5, 0.6) is 0 Å². The highest BCUT2D eigenvalue weighted by atomic mass is 16.5. The average molecular weight is 248 g/mol. The second-order valence-corrected chi connectivity index (χ2v) is 4.22. The Bertz CT molecular complexity index is 588. The van der Waals surface area contributed by atoms with Gasteiger partial charge in [0, 0.05) is 24.9 Å². The molecule has 0 spiro atoms. The third-order valence-electron chi connectivity index (χ3n) is 2.72. The molecule has 1 atom stereocenters. The van der Waals surface area contributed by atoms with Crippen molar-refractivity contribution in [3.05, 3.63) is 34.5 Å². The second-order valence-electron chi connectivity index (χ2n) is 4.22. The molecule has 0 amide bonds. The number of hydrogen-bond acceptors (Lipinski definition) is 5. The van der Waals surface area contributed by atoms with Gasteiger partial charge in [0.25, 0.3) is 11.4 Å². The topological polar surface area (TPSA) is 86.9 Å². The summed E-state index contributed by atoms with van der Waals surface area (Å²) in [5.74, 6) is 0.807. The number of aromatic nitrogens is 3. The number of pyridine rings is 1. The van der Waals surface area contributed by atoms with Crippen molar-refractivity contribution < 1.29 is 4.52 Å². The lowest BCUT2D eigenvalue weighted by atomic mass is 10.2. The molecule has 2 rings (SSSR count). The standard InChI is InChI=1S/C12H16N4O2/c1-3-4-9(13)11-14-12(18-15-11)8-5-6-16(2)10(17)7-8/h5-7,9H,3-4,13H2,1-2H3. The highest BCUT2D eigenvalue weighted by molar-refractivity contribution is 5.51. The van der Waals surface area contributed by atoms with Gasteiger partial charge in [-0.1, -0.05) is 18.5 Å². The van der Waals surface area contributed by atoms with Crippen molar-refractivity contribution in [3.63, 3.8) is 0 Å². The lowest BCUT2D eigenvalue weighted by Gasteiger charge is -2.02. The quantitative estimate of drug-likeness (QED) is 0.879. The van der Waals surface area contributed by atoms with Crippen LogP contribution in [0.25, 0.3) is 11.5 Å². The normalized spacial score (nSPS) is 12.6. The fourth-order valence-corrected chi connectivity index (χ4v) is 1.62. The summed E-state index contributed by atoms with van der Waals surface area (Å²) in [5.41, 5.74) is 6.39. The average Bonchev–Trinajstić information content (AvgIpc) is 2.82. The van der Waals surface area contributed by atoms with E-state index in [0.717, 1.165) is 12.8 Å². The molecule has 0 aliphatic heterocycles. The Morgan fingerprint density at radius 3 is 3.00 bits per heavy atom. The van der Waals surface area contributed by atoms with E-state index in [1.807, 2.05) is 6.92 Å². The number of nitrogens with zero attached hydrogens (tertiary/aromatic N) is 3. The van der Waals surface area contributed by atoms with Crippen LogP contribution >= 0.6 is 0 Å². The molecular weight excluding hydrogens is 232 g/mol. The molecule has 6 nitrogen and oxygen atoms in total. The van der Waals surface area contributed by atoms with Crippen molar-refractivity contribution in [1.29, 1.82) is 0 Å². The molecule has 0 saturated carbocycles. The van der Waals surface area contributed by atoms with E-state index in [1.165, 1.54) is 10.6 Å². The molecule has 0 fully saturated rings. The zero-order valence-corrected chi connectivity index (χ0v) is 10.5. The van der Waals surface area contributed by atoms with Crippen molar-refractivity contribution in [2.45, 2.75) is 25.8 Å². The van der Waals surface area contributed by atoms with E-state index in [2.05, 4.69) is 10.1 Å². The summed E-state index contributed by atoms with van der Waals surface area (Å²) >= 11 is 0. The summed E-state index contributed by atoms with van der Waals surface area (Å²) in [7, 11) is 1.68. The smallest absolute Gasteiger partial charge is 0.258 e. The Labute approximate surface area is 104 Å². The highest BCUT2D eigenvalue weighted by Crippen LogP contribution is 2.18. The summed E-state index contributed by atoms with van der Waals surface area (Å²) < 4.78 is 6.60. The monoisotopic (exact) mass is 248 g/mol. The molecule has 96 valence electrons. The highest BCUT2D eigenvalue weighted by Gasteiger charge is 2.14. The lowest BCUT2D eigenvalue weighted by Crippen LogP contribution is -2.14. The molecule has 18 heavy (non-hydrogen) atoms. The molecule has 0 aliphatic rings. The van der Waals surface area contributed by atoms with Crippen molar-refractivity contribution in [2.75, 3.05) is 0 Å². The van der Waals surface area contributed by atoms with Crippen LogP contribution < -0.4 is 11.3 Å². The summed E-state index contributed by atoms with van der Waals surface area (Å²) in [6.45, 7) is 2.04. The van der Waals surface area contributed by atoms with Gasteiger partial charge in [-0.2, -0.15) is 4.98 Å². The van der Waals surface area contributed by atoms with Crippen LogP contribution in [0.3, 0.4) is 0 Å². The zero-order valence-electron chi connectivity index (χ0n) is 10.5. The molecule has 0 saturated heterocycles. The van der Waals surface area contributed by atoms with Crippen molar-refractivity contribution in [1.82, 2.24) is 14.7 Å². The minimum absolute atomic E-state index is 0.120. The molecule has 2 aromatic heterocycles. The van der Waals surface area contributed by atoms with Crippen LogP contribution in [0, 0.1) is 0 Å². The van der Waals surface area contributed by atoms with Gasteiger partial charge < -0.3 is 14.8 Å². The Kier molecular flexibility index (Phi) is 3.57. The predicted molar refractivity (Wildman–Crippen MR) is 66.8 cm³/mol. The van der Waals surface area contributed by atoms with Crippen LogP contribution in [0.1, 0.15) is 31.6 Å². The molecular formula is C12H16N4O2. The first-order valence-electron chi connectivity index (χ1n) is 5.88. The first-order valence-corrected chi connectivity index (χ1v) is 5.88. The fourth-order valence-electron chi connectivity index (χ4n) is 1.62. The van der Waals surface area contributed by atoms with Crippen molar-refractivity contribution >= 4 is 0 Å². The van der Waals surface area contributed by atoms with Gasteiger partial charge in [0.15, 0.2) is 5.82 Å². The van der Waals surface area contributed by atoms with Crippen LogP contribution in [0.4, 0.5) is 0 Å². The first-order chi connectivity index (χ1) is 8.61. The van der Waals surface area contributed by atoms with E-state index < -0.39 is 0 Å². The van der Waals surface area contributed by atoms with E-state index in [-0.39, 0.29) is 11.6 Å². The molecule has 1 unspecified atom stereocenters. The molecule has 0 aliphatic carbocycles. The van der Waals surface area contributed by atoms with Gasteiger partial charge in [-0.3, -0.25) is 4.79 Å². The summed E-state index contributed by atoms with van der Waals surface area (Å²) in [6, 6.07) is 2.99. The van der Waals surface area contributed by atoms with Crippen LogP contribution in [0.15, 0.2) is 27.6 Å². The largest absolute Gasteiger partial charge is 0.334 e.